The minimum absolute atomic E-state index is 0.375. The van der Waals surface area contributed by atoms with Crippen LogP contribution in [0.1, 0.15) is 25.7 Å². The maximum absolute atomic E-state index is 8.95. The van der Waals surface area contributed by atoms with Gasteiger partial charge in [-0.25, -0.2) is 0 Å². The smallest absolute Gasteiger partial charge is 0.292 e. The number of halogens is 1. The standard InChI is InChI=1S/C6H9Cl.C2H4O2/c7-6-4-2-1-3-5-6;1-4-2-3/h4H,1-3,5H2;2H,1H3. The molecule has 0 heterocycles. The van der Waals surface area contributed by atoms with Gasteiger partial charge in [0.2, 0.25) is 0 Å². The van der Waals surface area contributed by atoms with E-state index in [1.165, 1.54) is 26.4 Å². The molecule has 0 atom stereocenters. The third-order valence-electron chi connectivity index (χ3n) is 1.33. The summed E-state index contributed by atoms with van der Waals surface area (Å²) in [5.74, 6) is 0. The molecule has 0 spiro atoms. The van der Waals surface area contributed by atoms with Gasteiger partial charge in [-0.15, -0.1) is 0 Å². The molecule has 0 unspecified atom stereocenters. The Hall–Kier alpha value is -0.500. The Kier molecular flexibility index (Phi) is 7.26. The number of methoxy groups -OCH3 is 1. The van der Waals surface area contributed by atoms with Crippen molar-refractivity contribution in [2.24, 2.45) is 0 Å². The zero-order valence-corrected chi connectivity index (χ0v) is 7.43. The van der Waals surface area contributed by atoms with Gasteiger partial charge in [-0.3, -0.25) is 4.79 Å². The van der Waals surface area contributed by atoms with E-state index in [1.54, 1.807) is 0 Å². The van der Waals surface area contributed by atoms with E-state index in [0.717, 1.165) is 11.5 Å². The Morgan fingerprint density at radius 2 is 2.27 bits per heavy atom. The first-order valence-electron chi connectivity index (χ1n) is 3.62. The lowest BCUT2D eigenvalue weighted by Crippen LogP contribution is -1.83. The second kappa shape index (κ2) is 7.61. The maximum atomic E-state index is 8.95. The summed E-state index contributed by atoms with van der Waals surface area (Å²) in [7, 11) is 1.31. The van der Waals surface area contributed by atoms with Gasteiger partial charge < -0.3 is 4.74 Å². The number of rotatable bonds is 1. The quantitative estimate of drug-likeness (QED) is 0.574. The van der Waals surface area contributed by atoms with Gasteiger partial charge in [0.25, 0.3) is 6.47 Å². The van der Waals surface area contributed by atoms with Crippen molar-refractivity contribution in [2.75, 3.05) is 7.11 Å². The fourth-order valence-electron chi connectivity index (χ4n) is 0.799. The highest BCUT2D eigenvalue weighted by atomic mass is 35.5. The minimum Gasteiger partial charge on any atom is -0.471 e. The average Bonchev–Trinajstić information content (AvgIpc) is 2.07. The topological polar surface area (TPSA) is 26.3 Å². The van der Waals surface area contributed by atoms with Crippen molar-refractivity contribution in [1.29, 1.82) is 0 Å². The lowest BCUT2D eigenvalue weighted by Gasteiger charge is -2.03. The average molecular weight is 177 g/mol. The predicted octanol–water partition coefficient (Wildman–Crippen LogP) is 2.47. The van der Waals surface area contributed by atoms with Gasteiger partial charge in [0.05, 0.1) is 7.11 Å². The van der Waals surface area contributed by atoms with Gasteiger partial charge in [0.15, 0.2) is 0 Å². The third kappa shape index (κ3) is 7.40. The molecule has 1 aliphatic rings. The molecule has 0 aromatic rings. The van der Waals surface area contributed by atoms with E-state index in [9.17, 15) is 0 Å². The second-order valence-corrected chi connectivity index (χ2v) is 2.71. The number of allylic oxidation sites excluding steroid dienone is 2. The van der Waals surface area contributed by atoms with E-state index in [2.05, 4.69) is 10.8 Å². The highest BCUT2D eigenvalue weighted by Crippen LogP contribution is 2.19. The maximum Gasteiger partial charge on any atom is 0.292 e. The van der Waals surface area contributed by atoms with Crippen LogP contribution in [-0.2, 0) is 9.53 Å². The Morgan fingerprint density at radius 1 is 1.64 bits per heavy atom. The fraction of sp³-hybridized carbons (Fsp3) is 0.625. The lowest BCUT2D eigenvalue weighted by molar-refractivity contribution is -0.126. The van der Waals surface area contributed by atoms with E-state index in [0.29, 0.717) is 6.47 Å². The van der Waals surface area contributed by atoms with Crippen molar-refractivity contribution in [1.82, 2.24) is 0 Å². The van der Waals surface area contributed by atoms with Crippen LogP contribution in [0.25, 0.3) is 0 Å². The molecule has 0 fully saturated rings. The van der Waals surface area contributed by atoms with Crippen LogP contribution in [0.5, 0.6) is 0 Å². The first kappa shape index (κ1) is 10.5. The highest BCUT2D eigenvalue weighted by Gasteiger charge is 1.97. The molecule has 0 amide bonds. The van der Waals surface area contributed by atoms with Crippen molar-refractivity contribution in [3.05, 3.63) is 11.1 Å². The van der Waals surface area contributed by atoms with E-state index in [4.69, 9.17) is 16.4 Å². The van der Waals surface area contributed by atoms with Crippen LogP contribution in [0, 0.1) is 0 Å². The molecule has 11 heavy (non-hydrogen) atoms. The molecule has 0 aliphatic heterocycles. The number of carbonyl (C=O) groups is 1. The van der Waals surface area contributed by atoms with E-state index in [-0.39, 0.29) is 0 Å². The minimum atomic E-state index is 0.375. The van der Waals surface area contributed by atoms with Crippen LogP contribution in [0.2, 0.25) is 0 Å². The predicted molar refractivity (Wildman–Crippen MR) is 45.5 cm³/mol. The summed E-state index contributed by atoms with van der Waals surface area (Å²) in [6.07, 6.45) is 7.04. The van der Waals surface area contributed by atoms with Crippen LogP contribution in [0.15, 0.2) is 11.1 Å². The molecule has 0 radical (unpaired) electrons. The van der Waals surface area contributed by atoms with Crippen LogP contribution in [0.3, 0.4) is 0 Å². The number of ether oxygens (including phenoxy) is 1. The summed E-state index contributed by atoms with van der Waals surface area (Å²) in [4.78, 5) is 8.95. The highest BCUT2D eigenvalue weighted by molar-refractivity contribution is 6.29. The zero-order chi connectivity index (χ0) is 8.53. The Labute approximate surface area is 72.2 Å². The molecular formula is C8H13ClO2. The zero-order valence-electron chi connectivity index (χ0n) is 6.68. The molecule has 3 heteroatoms. The Morgan fingerprint density at radius 3 is 2.45 bits per heavy atom. The summed E-state index contributed by atoms with van der Waals surface area (Å²) in [6.45, 7) is 0.375. The normalized spacial score (nSPS) is 15.6. The van der Waals surface area contributed by atoms with Gasteiger partial charge in [-0.1, -0.05) is 17.7 Å². The van der Waals surface area contributed by atoms with Crippen LogP contribution < -0.4 is 0 Å². The number of hydrogen-bond acceptors (Lipinski definition) is 2. The monoisotopic (exact) mass is 176 g/mol. The molecule has 0 aromatic carbocycles. The number of hydrogen-bond donors (Lipinski definition) is 0. The second-order valence-electron chi connectivity index (χ2n) is 2.23. The van der Waals surface area contributed by atoms with Gasteiger partial charge >= 0.3 is 0 Å². The summed E-state index contributed by atoms with van der Waals surface area (Å²) >= 11 is 5.68. The summed E-state index contributed by atoms with van der Waals surface area (Å²) < 4.78 is 3.86. The molecule has 2 nitrogen and oxygen atoms in total. The van der Waals surface area contributed by atoms with Crippen LogP contribution >= 0.6 is 11.6 Å². The molecule has 0 aromatic heterocycles. The molecule has 0 saturated carbocycles. The fourth-order valence-corrected chi connectivity index (χ4v) is 1.04. The van der Waals surface area contributed by atoms with Gasteiger partial charge in [-0.2, -0.15) is 0 Å². The number of carbonyl (C=O) groups excluding carboxylic acids is 1. The van der Waals surface area contributed by atoms with Crippen molar-refractivity contribution < 1.29 is 9.53 Å². The van der Waals surface area contributed by atoms with E-state index >= 15 is 0 Å². The Balaban J connectivity index is 0.000000218. The van der Waals surface area contributed by atoms with E-state index < -0.39 is 0 Å². The largest absolute Gasteiger partial charge is 0.471 e. The van der Waals surface area contributed by atoms with Gasteiger partial charge in [-0.05, 0) is 25.7 Å². The van der Waals surface area contributed by atoms with Crippen molar-refractivity contribution >= 4 is 18.1 Å². The molecule has 0 N–H and O–H groups in total. The first-order valence-corrected chi connectivity index (χ1v) is 4.00. The van der Waals surface area contributed by atoms with Crippen molar-refractivity contribution in [3.8, 4) is 0 Å². The summed E-state index contributed by atoms with van der Waals surface area (Å²) in [5.41, 5.74) is 0. The summed E-state index contributed by atoms with van der Waals surface area (Å²) in [6, 6.07) is 0. The lowest BCUT2D eigenvalue weighted by atomic mass is 10.1. The Bertz CT molecular complexity index is 132. The van der Waals surface area contributed by atoms with Crippen molar-refractivity contribution in [3.63, 3.8) is 0 Å². The molecule has 0 saturated heterocycles. The SMILES string of the molecule is COC=O.ClC1=CCCCC1. The van der Waals surface area contributed by atoms with Crippen LogP contribution in [-0.4, -0.2) is 13.6 Å². The van der Waals surface area contributed by atoms with Crippen LogP contribution in [0.4, 0.5) is 0 Å². The molecular weight excluding hydrogens is 164 g/mol. The van der Waals surface area contributed by atoms with Gasteiger partial charge in [0, 0.05) is 5.03 Å². The third-order valence-corrected chi connectivity index (χ3v) is 1.68. The molecule has 0 bridgehead atoms. The summed E-state index contributed by atoms with van der Waals surface area (Å²) in [5, 5.41) is 1.06. The van der Waals surface area contributed by atoms with E-state index in [1.807, 2.05) is 0 Å². The van der Waals surface area contributed by atoms with Crippen molar-refractivity contribution in [2.45, 2.75) is 25.7 Å². The molecule has 64 valence electrons. The first-order chi connectivity index (χ1) is 5.31. The molecule has 1 aliphatic carbocycles. The van der Waals surface area contributed by atoms with Gasteiger partial charge in [0.1, 0.15) is 0 Å². The molecule has 1 rings (SSSR count).